The lowest BCUT2D eigenvalue weighted by molar-refractivity contribution is -0.440. The van der Waals surface area contributed by atoms with E-state index >= 15 is 0 Å². The Morgan fingerprint density at radius 1 is 0.531 bits per heavy atom. The summed E-state index contributed by atoms with van der Waals surface area (Å²) in [6.07, 6.45) is 0. The molecular weight excluding hydrogens is 424 g/mol. The number of nitro benzene ring substituents is 4. The first-order chi connectivity index (χ1) is 15.2. The van der Waals surface area contributed by atoms with Crippen molar-refractivity contribution in [3.05, 3.63) is 101 Å². The number of benzene rings is 4. The van der Waals surface area contributed by atoms with E-state index in [1.165, 1.54) is 18.2 Å². The Hall–Kier alpha value is -5.00. The van der Waals surface area contributed by atoms with Crippen LogP contribution in [0.1, 0.15) is 0 Å². The van der Waals surface area contributed by atoms with E-state index in [2.05, 4.69) is 0 Å². The van der Waals surface area contributed by atoms with Crippen LogP contribution in [0.3, 0.4) is 0 Å². The third kappa shape index (κ3) is 2.94. The van der Waals surface area contributed by atoms with Gasteiger partial charge < -0.3 is 0 Å². The first-order valence-electron chi connectivity index (χ1n) is 8.92. The topological polar surface area (TPSA) is 173 Å². The van der Waals surface area contributed by atoms with Crippen LogP contribution in [0.4, 0.5) is 22.7 Å². The van der Waals surface area contributed by atoms with Gasteiger partial charge in [-0.25, -0.2) is 0 Å². The maximum absolute atomic E-state index is 12.0. The van der Waals surface area contributed by atoms with E-state index in [0.29, 0.717) is 10.8 Å². The molecule has 0 aliphatic heterocycles. The molecule has 4 aromatic rings. The third-order valence-corrected chi connectivity index (χ3v) is 5.04. The summed E-state index contributed by atoms with van der Waals surface area (Å²) in [5, 5.41) is 47.6. The molecule has 0 spiro atoms. The van der Waals surface area contributed by atoms with Crippen LogP contribution in [-0.4, -0.2) is 19.7 Å². The molecule has 0 amide bonds. The Morgan fingerprint density at radius 3 is 1.72 bits per heavy atom. The molecule has 0 saturated carbocycles. The minimum Gasteiger partial charge on any atom is -0.258 e. The lowest BCUT2D eigenvalue weighted by atomic mass is 9.90. The molecule has 12 heteroatoms. The van der Waals surface area contributed by atoms with Crippen LogP contribution < -0.4 is 0 Å². The maximum Gasteiger partial charge on any atom is 0.423 e. The van der Waals surface area contributed by atoms with Gasteiger partial charge in [0.25, 0.3) is 5.69 Å². The Morgan fingerprint density at radius 2 is 1.09 bits per heavy atom. The average Bonchev–Trinajstić information content (AvgIpc) is 2.76. The van der Waals surface area contributed by atoms with Crippen LogP contribution in [0.2, 0.25) is 0 Å². The first-order valence-corrected chi connectivity index (χ1v) is 8.92. The number of hydrogen-bond acceptors (Lipinski definition) is 8. The van der Waals surface area contributed by atoms with Gasteiger partial charge in [0.05, 0.1) is 25.3 Å². The molecule has 4 aromatic carbocycles. The van der Waals surface area contributed by atoms with Gasteiger partial charge in [-0.1, -0.05) is 54.6 Å². The minimum atomic E-state index is -1.41. The number of nitrogens with zero attached hydrogens (tertiary/aromatic N) is 4. The van der Waals surface area contributed by atoms with E-state index < -0.39 is 47.8 Å². The highest BCUT2D eigenvalue weighted by Gasteiger charge is 2.45. The summed E-state index contributed by atoms with van der Waals surface area (Å²) >= 11 is 0. The molecule has 0 aliphatic rings. The molecule has 4 rings (SSSR count). The van der Waals surface area contributed by atoms with Gasteiger partial charge in [0, 0.05) is 11.5 Å². The summed E-state index contributed by atoms with van der Waals surface area (Å²) < 4.78 is 0. The molecule has 0 heterocycles. The van der Waals surface area contributed by atoms with E-state index in [4.69, 9.17) is 0 Å². The molecule has 0 unspecified atom stereocenters. The van der Waals surface area contributed by atoms with Crippen molar-refractivity contribution in [1.82, 2.24) is 0 Å². The highest BCUT2D eigenvalue weighted by molar-refractivity contribution is 6.16. The molecule has 158 valence electrons. The van der Waals surface area contributed by atoms with Gasteiger partial charge in [-0.05, 0) is 16.3 Å². The number of non-ortho nitro benzene ring substituents is 1. The average molecular weight is 434 g/mol. The van der Waals surface area contributed by atoms with Gasteiger partial charge in [0.15, 0.2) is 0 Å². The lowest BCUT2D eigenvalue weighted by Gasteiger charge is -2.12. The Kier molecular flexibility index (Phi) is 4.66. The summed E-state index contributed by atoms with van der Waals surface area (Å²) in [6.45, 7) is 0. The zero-order chi connectivity index (χ0) is 23.2. The van der Waals surface area contributed by atoms with Gasteiger partial charge in [-0.2, -0.15) is 0 Å². The maximum atomic E-state index is 12.0. The Balaban J connectivity index is 2.40. The fraction of sp³-hybridized carbons (Fsp3) is 0. The molecule has 0 aromatic heterocycles. The molecule has 12 nitrogen and oxygen atoms in total. The highest BCUT2D eigenvalue weighted by Crippen LogP contribution is 2.52. The van der Waals surface area contributed by atoms with Crippen molar-refractivity contribution >= 4 is 44.3 Å². The second kappa shape index (κ2) is 7.36. The number of fused-ring (bicyclic) bond motifs is 2. The van der Waals surface area contributed by atoms with E-state index in [9.17, 15) is 40.5 Å². The zero-order valence-corrected chi connectivity index (χ0v) is 15.8. The Labute approximate surface area is 176 Å². The molecular formula is C20H10N4O8. The summed E-state index contributed by atoms with van der Waals surface area (Å²) in [7, 11) is 0. The van der Waals surface area contributed by atoms with Gasteiger partial charge in [-0.3, -0.25) is 40.5 Å². The van der Waals surface area contributed by atoms with Crippen molar-refractivity contribution < 1.29 is 19.7 Å². The normalized spacial score (nSPS) is 10.9. The fourth-order valence-corrected chi connectivity index (χ4v) is 3.87. The van der Waals surface area contributed by atoms with Crippen LogP contribution in [0.15, 0.2) is 60.7 Å². The predicted octanol–water partition coefficient (Wildman–Crippen LogP) is 5.29. The fourth-order valence-electron chi connectivity index (χ4n) is 3.87. The number of hydrogen-bond donors (Lipinski definition) is 0. The van der Waals surface area contributed by atoms with Crippen molar-refractivity contribution in [3.63, 3.8) is 0 Å². The first kappa shape index (κ1) is 20.3. The lowest BCUT2D eigenvalue weighted by Crippen LogP contribution is -2.06. The predicted molar refractivity (Wildman–Crippen MR) is 114 cm³/mol. The van der Waals surface area contributed by atoms with Gasteiger partial charge in [-0.15, -0.1) is 0 Å². The summed E-state index contributed by atoms with van der Waals surface area (Å²) in [4.78, 5) is 42.9. The van der Waals surface area contributed by atoms with E-state index in [1.54, 1.807) is 36.4 Å². The zero-order valence-electron chi connectivity index (χ0n) is 15.8. The number of nitro groups is 4. The standard InChI is InChI=1S/C20H10N4O8/c25-21(26)15-10-4-9-14-16(13-8-3-6-11-5-1-2-7-12(11)13)18(22(27)28)20(24(31)32)19(17(14)15)23(29)30/h1-10H. The van der Waals surface area contributed by atoms with Gasteiger partial charge in [0.1, 0.15) is 5.39 Å². The second-order valence-corrected chi connectivity index (χ2v) is 6.68. The summed E-state index contributed by atoms with van der Waals surface area (Å²) in [6, 6.07) is 14.9. The van der Waals surface area contributed by atoms with E-state index in [0.717, 1.165) is 6.07 Å². The monoisotopic (exact) mass is 434 g/mol. The molecule has 0 fully saturated rings. The SMILES string of the molecule is O=[N+]([O-])c1c([N+](=O)[O-])c([N+](=O)[O-])c2c([N+](=O)[O-])cccc2c1-c1cccc2ccccc12. The van der Waals surface area contributed by atoms with Crippen LogP contribution >= 0.6 is 0 Å². The summed E-state index contributed by atoms with van der Waals surface area (Å²) in [5.41, 5.74) is -4.71. The van der Waals surface area contributed by atoms with E-state index in [1.807, 2.05) is 0 Å². The van der Waals surface area contributed by atoms with Gasteiger partial charge in [0.2, 0.25) is 0 Å². The second-order valence-electron chi connectivity index (χ2n) is 6.68. The highest BCUT2D eigenvalue weighted by atomic mass is 16.7. The van der Waals surface area contributed by atoms with E-state index in [-0.39, 0.29) is 16.5 Å². The molecule has 0 atom stereocenters. The quantitative estimate of drug-likeness (QED) is 0.301. The van der Waals surface area contributed by atoms with Gasteiger partial charge >= 0.3 is 17.1 Å². The molecule has 0 aliphatic carbocycles. The van der Waals surface area contributed by atoms with Crippen molar-refractivity contribution in [2.45, 2.75) is 0 Å². The largest absolute Gasteiger partial charge is 0.423 e. The summed E-state index contributed by atoms with van der Waals surface area (Å²) in [5.74, 6) is 0. The van der Waals surface area contributed by atoms with Crippen LogP contribution in [-0.2, 0) is 0 Å². The van der Waals surface area contributed by atoms with Crippen molar-refractivity contribution in [2.24, 2.45) is 0 Å². The van der Waals surface area contributed by atoms with Crippen LogP contribution in [0.5, 0.6) is 0 Å². The van der Waals surface area contributed by atoms with Crippen molar-refractivity contribution in [1.29, 1.82) is 0 Å². The molecule has 0 radical (unpaired) electrons. The molecule has 0 saturated heterocycles. The van der Waals surface area contributed by atoms with Crippen molar-refractivity contribution in [2.75, 3.05) is 0 Å². The Bertz CT molecular complexity index is 1490. The number of rotatable bonds is 5. The molecule has 0 N–H and O–H groups in total. The van der Waals surface area contributed by atoms with Crippen LogP contribution in [0, 0.1) is 40.5 Å². The van der Waals surface area contributed by atoms with Crippen LogP contribution in [0.25, 0.3) is 32.7 Å². The molecule has 0 bridgehead atoms. The third-order valence-electron chi connectivity index (χ3n) is 5.04. The minimum absolute atomic E-state index is 0.179. The molecule has 32 heavy (non-hydrogen) atoms. The van der Waals surface area contributed by atoms with Crippen molar-refractivity contribution in [3.8, 4) is 11.1 Å². The smallest absolute Gasteiger partial charge is 0.258 e.